The molecular formula is C42H23N3O2. The summed E-state index contributed by atoms with van der Waals surface area (Å²) in [5.74, 6) is 0.643. The molecule has 0 N–H and O–H groups in total. The fourth-order valence-electron chi connectivity index (χ4n) is 7.51. The lowest BCUT2D eigenvalue weighted by Gasteiger charge is -2.12. The van der Waals surface area contributed by atoms with Crippen molar-refractivity contribution in [2.75, 3.05) is 0 Å². The first kappa shape index (κ1) is 24.8. The lowest BCUT2D eigenvalue weighted by Crippen LogP contribution is -2.03. The molecule has 47 heavy (non-hydrogen) atoms. The minimum atomic E-state index is 0.643. The van der Waals surface area contributed by atoms with E-state index in [0.29, 0.717) is 5.95 Å². The Morgan fingerprint density at radius 2 is 1.19 bits per heavy atom. The first-order valence-corrected chi connectivity index (χ1v) is 15.8. The van der Waals surface area contributed by atoms with Crippen LogP contribution in [0.25, 0.3) is 105 Å². The van der Waals surface area contributed by atoms with Crippen LogP contribution in [0, 0.1) is 0 Å². The molecule has 0 atom stereocenters. The SMILES string of the molecule is c1ccc2c(c1)ccc1c3ccccc3n(-c3nc(-c4ccc5oc6c(ccc7oc8ccccc8c76)c5c4)c4ccccc4n3)c21. The van der Waals surface area contributed by atoms with Crippen LogP contribution in [0.2, 0.25) is 0 Å². The third kappa shape index (κ3) is 3.37. The number of benzene rings is 7. The largest absolute Gasteiger partial charge is 0.456 e. The van der Waals surface area contributed by atoms with Crippen molar-refractivity contribution in [2.45, 2.75) is 0 Å². The number of furan rings is 2. The van der Waals surface area contributed by atoms with Crippen molar-refractivity contribution in [1.29, 1.82) is 0 Å². The van der Waals surface area contributed by atoms with Gasteiger partial charge in [-0.15, -0.1) is 0 Å². The van der Waals surface area contributed by atoms with Gasteiger partial charge in [-0.2, -0.15) is 0 Å². The maximum absolute atomic E-state index is 6.53. The molecule has 0 saturated heterocycles. The summed E-state index contributed by atoms with van der Waals surface area (Å²) in [5, 5.41) is 9.85. The van der Waals surface area contributed by atoms with Gasteiger partial charge < -0.3 is 8.83 Å². The normalized spacial score (nSPS) is 12.3. The summed E-state index contributed by atoms with van der Waals surface area (Å²) < 4.78 is 14.9. The van der Waals surface area contributed by atoms with E-state index >= 15 is 0 Å². The topological polar surface area (TPSA) is 57.0 Å². The molecule has 218 valence electrons. The Hall–Kier alpha value is -6.46. The van der Waals surface area contributed by atoms with Gasteiger partial charge in [0.25, 0.3) is 0 Å². The maximum Gasteiger partial charge on any atom is 0.235 e. The average molecular weight is 602 g/mol. The van der Waals surface area contributed by atoms with E-state index < -0.39 is 0 Å². The number of para-hydroxylation sites is 3. The van der Waals surface area contributed by atoms with Crippen LogP contribution in [0.5, 0.6) is 0 Å². The van der Waals surface area contributed by atoms with Gasteiger partial charge >= 0.3 is 0 Å². The van der Waals surface area contributed by atoms with Gasteiger partial charge in [-0.25, -0.2) is 9.97 Å². The van der Waals surface area contributed by atoms with E-state index in [0.717, 1.165) is 77.1 Å². The van der Waals surface area contributed by atoms with Gasteiger partial charge in [0.15, 0.2) is 0 Å². The first-order chi connectivity index (χ1) is 23.3. The Labute approximate surface area is 266 Å². The van der Waals surface area contributed by atoms with Gasteiger partial charge in [-0.1, -0.05) is 91.0 Å². The highest BCUT2D eigenvalue weighted by Gasteiger charge is 2.20. The maximum atomic E-state index is 6.53. The predicted molar refractivity (Wildman–Crippen MR) is 191 cm³/mol. The molecule has 4 heterocycles. The molecule has 0 radical (unpaired) electrons. The molecule has 11 rings (SSSR count). The third-order valence-electron chi connectivity index (χ3n) is 9.60. The van der Waals surface area contributed by atoms with Crippen molar-refractivity contribution >= 4 is 87.4 Å². The van der Waals surface area contributed by atoms with Gasteiger partial charge in [-0.05, 0) is 53.9 Å². The summed E-state index contributed by atoms with van der Waals surface area (Å²) in [6.07, 6.45) is 0. The smallest absolute Gasteiger partial charge is 0.235 e. The third-order valence-corrected chi connectivity index (χ3v) is 9.60. The molecule has 5 heteroatoms. The first-order valence-electron chi connectivity index (χ1n) is 15.8. The number of hydrogen-bond acceptors (Lipinski definition) is 4. The summed E-state index contributed by atoms with van der Waals surface area (Å²) >= 11 is 0. The molecule has 0 aliphatic carbocycles. The Kier molecular flexibility index (Phi) is 4.78. The van der Waals surface area contributed by atoms with Crippen molar-refractivity contribution < 1.29 is 8.83 Å². The fourth-order valence-corrected chi connectivity index (χ4v) is 7.51. The van der Waals surface area contributed by atoms with Crippen molar-refractivity contribution in [3.63, 3.8) is 0 Å². The Morgan fingerprint density at radius 3 is 2.13 bits per heavy atom. The van der Waals surface area contributed by atoms with Crippen LogP contribution in [-0.2, 0) is 0 Å². The van der Waals surface area contributed by atoms with Gasteiger partial charge in [0, 0.05) is 43.3 Å². The highest BCUT2D eigenvalue weighted by Crippen LogP contribution is 2.41. The second kappa shape index (κ2) is 9.05. The number of fused-ring (bicyclic) bond motifs is 13. The summed E-state index contributed by atoms with van der Waals surface area (Å²) in [6.45, 7) is 0. The quantitative estimate of drug-likeness (QED) is 0.198. The minimum absolute atomic E-state index is 0.643. The van der Waals surface area contributed by atoms with Crippen LogP contribution in [0.3, 0.4) is 0 Å². The Morgan fingerprint density at radius 1 is 0.468 bits per heavy atom. The second-order valence-corrected chi connectivity index (χ2v) is 12.2. The zero-order chi connectivity index (χ0) is 30.6. The summed E-state index contributed by atoms with van der Waals surface area (Å²) in [7, 11) is 0. The van der Waals surface area contributed by atoms with Gasteiger partial charge in [-0.3, -0.25) is 4.57 Å². The van der Waals surface area contributed by atoms with E-state index in [9.17, 15) is 0 Å². The van der Waals surface area contributed by atoms with Crippen LogP contribution in [0.15, 0.2) is 148 Å². The van der Waals surface area contributed by atoms with Crippen LogP contribution in [-0.4, -0.2) is 14.5 Å². The van der Waals surface area contributed by atoms with E-state index in [-0.39, 0.29) is 0 Å². The fraction of sp³-hybridized carbons (Fsp3) is 0. The molecule has 0 aliphatic rings. The van der Waals surface area contributed by atoms with Crippen LogP contribution < -0.4 is 0 Å². The summed E-state index contributed by atoms with van der Waals surface area (Å²) in [6, 6.07) is 48.4. The summed E-state index contributed by atoms with van der Waals surface area (Å²) in [5.41, 5.74) is 8.30. The van der Waals surface area contributed by atoms with Crippen LogP contribution in [0.1, 0.15) is 0 Å². The van der Waals surface area contributed by atoms with Crippen LogP contribution in [0.4, 0.5) is 0 Å². The monoisotopic (exact) mass is 601 g/mol. The second-order valence-electron chi connectivity index (χ2n) is 12.2. The molecule has 0 unspecified atom stereocenters. The molecule has 7 aromatic carbocycles. The van der Waals surface area contributed by atoms with Crippen molar-refractivity contribution in [1.82, 2.24) is 14.5 Å². The van der Waals surface area contributed by atoms with Gasteiger partial charge in [0.2, 0.25) is 5.95 Å². The average Bonchev–Trinajstić information content (AvgIpc) is 3.80. The lowest BCUT2D eigenvalue weighted by molar-refractivity contribution is 0.663. The van der Waals surface area contributed by atoms with E-state index in [1.807, 2.05) is 30.3 Å². The number of aromatic nitrogens is 3. The lowest BCUT2D eigenvalue weighted by atomic mass is 10.0. The molecular weight excluding hydrogens is 578 g/mol. The highest BCUT2D eigenvalue weighted by atomic mass is 16.3. The van der Waals surface area contributed by atoms with E-state index in [1.165, 1.54) is 21.5 Å². The van der Waals surface area contributed by atoms with Crippen molar-refractivity contribution in [3.8, 4) is 17.2 Å². The Balaban J connectivity index is 1.21. The molecule has 0 aliphatic heterocycles. The highest BCUT2D eigenvalue weighted by molar-refractivity contribution is 6.22. The molecule has 0 bridgehead atoms. The van der Waals surface area contributed by atoms with Gasteiger partial charge in [0.05, 0.1) is 27.6 Å². The molecule has 4 aromatic heterocycles. The molecule has 0 fully saturated rings. The van der Waals surface area contributed by atoms with E-state index in [2.05, 4.69) is 114 Å². The molecule has 0 saturated carbocycles. The molecule has 5 nitrogen and oxygen atoms in total. The standard InChI is InChI=1S/C42H23N3O2/c1-2-10-26-24(9-1)17-19-28-27-11-4-7-15-34(27)45(40(26)28)42-43-33-14-6-3-12-30(33)39(44-42)25-18-21-36-32(23-25)29-20-22-37-38(41(29)47-36)31-13-5-8-16-35(31)46-37/h1-23H. The predicted octanol–water partition coefficient (Wildman–Crippen LogP) is 11.3. The minimum Gasteiger partial charge on any atom is -0.456 e. The molecule has 0 spiro atoms. The van der Waals surface area contributed by atoms with Crippen LogP contribution >= 0.6 is 0 Å². The zero-order valence-corrected chi connectivity index (χ0v) is 24.9. The van der Waals surface area contributed by atoms with Crippen molar-refractivity contribution in [2.24, 2.45) is 0 Å². The van der Waals surface area contributed by atoms with E-state index in [1.54, 1.807) is 0 Å². The zero-order valence-electron chi connectivity index (χ0n) is 24.9. The van der Waals surface area contributed by atoms with Crippen molar-refractivity contribution in [3.05, 3.63) is 140 Å². The van der Waals surface area contributed by atoms with E-state index in [4.69, 9.17) is 18.8 Å². The van der Waals surface area contributed by atoms with Gasteiger partial charge in [0.1, 0.15) is 22.3 Å². The number of nitrogens with zero attached hydrogens (tertiary/aromatic N) is 3. The Bertz CT molecular complexity index is 3090. The summed E-state index contributed by atoms with van der Waals surface area (Å²) in [4.78, 5) is 10.6. The molecule has 0 amide bonds. The number of hydrogen-bond donors (Lipinski definition) is 0. The molecule has 11 aromatic rings. The number of rotatable bonds is 2.